The van der Waals surface area contributed by atoms with Gasteiger partial charge in [-0.05, 0) is 56.4 Å². The van der Waals surface area contributed by atoms with Crippen molar-refractivity contribution >= 4 is 39.2 Å². The van der Waals surface area contributed by atoms with E-state index in [-0.39, 0.29) is 5.91 Å². The fraction of sp³-hybridized carbons (Fsp3) is 0.682. The SMILES string of the molecule is C[C@H]1CCc2c(sc3nc(C4CC4)nc(SCC(=O)NC4CCCCC4)c23)C1. The van der Waals surface area contributed by atoms with E-state index in [9.17, 15) is 4.79 Å². The van der Waals surface area contributed by atoms with Crippen LogP contribution in [0.1, 0.15) is 80.5 Å². The molecule has 1 N–H and O–H groups in total. The van der Waals surface area contributed by atoms with Crippen molar-refractivity contribution in [2.24, 2.45) is 5.92 Å². The van der Waals surface area contributed by atoms with E-state index in [2.05, 4.69) is 12.2 Å². The number of rotatable bonds is 5. The third-order valence-electron chi connectivity index (χ3n) is 6.39. The van der Waals surface area contributed by atoms with Gasteiger partial charge in [0, 0.05) is 22.2 Å². The minimum atomic E-state index is 0.161. The molecule has 3 aliphatic carbocycles. The molecule has 0 aliphatic heterocycles. The number of hydrogen-bond acceptors (Lipinski definition) is 5. The lowest BCUT2D eigenvalue weighted by molar-refractivity contribution is -0.119. The monoisotopic (exact) mass is 415 g/mol. The van der Waals surface area contributed by atoms with Gasteiger partial charge in [-0.25, -0.2) is 9.97 Å². The van der Waals surface area contributed by atoms with Gasteiger partial charge in [-0.15, -0.1) is 11.3 Å². The molecule has 0 unspecified atom stereocenters. The summed E-state index contributed by atoms with van der Waals surface area (Å²) in [5.41, 5.74) is 1.47. The molecule has 2 saturated carbocycles. The molecule has 2 heterocycles. The number of carbonyl (C=O) groups excluding carboxylic acids is 1. The van der Waals surface area contributed by atoms with E-state index in [0.717, 1.165) is 40.9 Å². The molecule has 1 atom stereocenters. The highest BCUT2D eigenvalue weighted by molar-refractivity contribution is 8.00. The summed E-state index contributed by atoms with van der Waals surface area (Å²) >= 11 is 3.50. The maximum atomic E-state index is 12.5. The number of thiophene rings is 1. The number of thioether (sulfide) groups is 1. The van der Waals surface area contributed by atoms with Gasteiger partial charge in [0.15, 0.2) is 0 Å². The van der Waals surface area contributed by atoms with Crippen LogP contribution in [-0.4, -0.2) is 27.7 Å². The van der Waals surface area contributed by atoms with Crippen LogP contribution < -0.4 is 5.32 Å². The van der Waals surface area contributed by atoms with Crippen LogP contribution in [0.15, 0.2) is 5.03 Å². The Morgan fingerprint density at radius 3 is 2.75 bits per heavy atom. The van der Waals surface area contributed by atoms with Crippen molar-refractivity contribution < 1.29 is 4.79 Å². The van der Waals surface area contributed by atoms with Crippen LogP contribution in [0.2, 0.25) is 0 Å². The zero-order valence-electron chi connectivity index (χ0n) is 16.6. The molecule has 2 fully saturated rings. The van der Waals surface area contributed by atoms with E-state index in [0.29, 0.717) is 17.7 Å². The maximum Gasteiger partial charge on any atom is 0.230 e. The van der Waals surface area contributed by atoms with E-state index in [4.69, 9.17) is 9.97 Å². The minimum absolute atomic E-state index is 0.161. The van der Waals surface area contributed by atoms with E-state index < -0.39 is 0 Å². The Bertz CT molecular complexity index is 884. The summed E-state index contributed by atoms with van der Waals surface area (Å²) in [6.07, 6.45) is 12.0. The van der Waals surface area contributed by atoms with Crippen molar-refractivity contribution in [3.63, 3.8) is 0 Å². The fourth-order valence-corrected chi connectivity index (χ4v) is 6.93. The average Bonchev–Trinajstić information content (AvgIpc) is 3.47. The first-order valence-corrected chi connectivity index (χ1v) is 12.7. The van der Waals surface area contributed by atoms with Crippen LogP contribution in [0.5, 0.6) is 0 Å². The molecule has 0 aromatic carbocycles. The molecular weight excluding hydrogens is 386 g/mol. The molecule has 1 amide bonds. The normalized spacial score (nSPS) is 23.0. The van der Waals surface area contributed by atoms with Crippen LogP contribution in [0, 0.1) is 5.92 Å². The molecule has 6 heteroatoms. The quantitative estimate of drug-likeness (QED) is 0.536. The first kappa shape index (κ1) is 18.9. The Balaban J connectivity index is 1.38. The number of aryl methyl sites for hydroxylation is 1. The molecule has 0 saturated heterocycles. The van der Waals surface area contributed by atoms with Crippen LogP contribution in [0.4, 0.5) is 0 Å². The molecular formula is C22H29N3OS2. The Morgan fingerprint density at radius 1 is 1.14 bits per heavy atom. The minimum Gasteiger partial charge on any atom is -0.353 e. The first-order valence-electron chi connectivity index (χ1n) is 10.9. The van der Waals surface area contributed by atoms with Gasteiger partial charge in [-0.1, -0.05) is 37.9 Å². The standard InChI is InChI=1S/C22H29N3OS2/c1-13-7-10-16-17(11-13)28-22-19(16)21(24-20(25-22)14-8-9-14)27-12-18(26)23-15-5-3-2-4-6-15/h13-15H,2-12H2,1H3,(H,23,26)/t13-/m0/s1. The maximum absolute atomic E-state index is 12.5. The van der Waals surface area contributed by atoms with Gasteiger partial charge >= 0.3 is 0 Å². The van der Waals surface area contributed by atoms with Crippen LogP contribution in [0.25, 0.3) is 10.2 Å². The Morgan fingerprint density at radius 2 is 1.96 bits per heavy atom. The number of carbonyl (C=O) groups is 1. The topological polar surface area (TPSA) is 54.9 Å². The van der Waals surface area contributed by atoms with Crippen molar-refractivity contribution in [1.82, 2.24) is 15.3 Å². The highest BCUT2D eigenvalue weighted by Gasteiger charge is 2.30. The molecule has 3 aliphatic rings. The Hall–Kier alpha value is -1.14. The van der Waals surface area contributed by atoms with Gasteiger partial charge in [0.2, 0.25) is 5.91 Å². The molecule has 2 aromatic heterocycles. The van der Waals surface area contributed by atoms with Gasteiger partial charge in [0.05, 0.1) is 5.75 Å². The highest BCUT2D eigenvalue weighted by Crippen LogP contribution is 2.44. The van der Waals surface area contributed by atoms with Crippen molar-refractivity contribution in [3.05, 3.63) is 16.3 Å². The second kappa shape index (κ2) is 7.94. The molecule has 0 spiro atoms. The van der Waals surface area contributed by atoms with Crippen LogP contribution >= 0.6 is 23.1 Å². The molecule has 4 nitrogen and oxygen atoms in total. The first-order chi connectivity index (χ1) is 13.7. The van der Waals surface area contributed by atoms with Crippen LogP contribution in [-0.2, 0) is 17.6 Å². The zero-order chi connectivity index (χ0) is 19.1. The van der Waals surface area contributed by atoms with E-state index >= 15 is 0 Å². The van der Waals surface area contributed by atoms with Crippen molar-refractivity contribution in [2.75, 3.05) is 5.75 Å². The third kappa shape index (κ3) is 3.95. The van der Waals surface area contributed by atoms with Crippen LogP contribution in [0.3, 0.4) is 0 Å². The molecule has 2 aromatic rings. The van der Waals surface area contributed by atoms with Crippen molar-refractivity contribution in [2.45, 2.75) is 88.1 Å². The predicted octanol–water partition coefficient (Wildman–Crippen LogP) is 5.23. The number of fused-ring (bicyclic) bond motifs is 3. The Kier molecular flexibility index (Phi) is 5.35. The number of hydrogen-bond donors (Lipinski definition) is 1. The zero-order valence-corrected chi connectivity index (χ0v) is 18.3. The molecule has 150 valence electrons. The van der Waals surface area contributed by atoms with Crippen molar-refractivity contribution in [1.29, 1.82) is 0 Å². The van der Waals surface area contributed by atoms with Gasteiger partial charge in [-0.2, -0.15) is 0 Å². The lowest BCUT2D eigenvalue weighted by Gasteiger charge is -2.22. The average molecular weight is 416 g/mol. The number of nitrogens with one attached hydrogen (secondary N) is 1. The van der Waals surface area contributed by atoms with Crippen molar-refractivity contribution in [3.8, 4) is 0 Å². The summed E-state index contributed by atoms with van der Waals surface area (Å²) in [6.45, 7) is 2.35. The predicted molar refractivity (Wildman–Crippen MR) is 116 cm³/mol. The number of aromatic nitrogens is 2. The van der Waals surface area contributed by atoms with Gasteiger partial charge < -0.3 is 5.32 Å². The largest absolute Gasteiger partial charge is 0.353 e. The lowest BCUT2D eigenvalue weighted by Crippen LogP contribution is -2.37. The summed E-state index contributed by atoms with van der Waals surface area (Å²) in [5.74, 6) is 2.93. The summed E-state index contributed by atoms with van der Waals surface area (Å²) in [6, 6.07) is 0.379. The summed E-state index contributed by atoms with van der Waals surface area (Å²) < 4.78 is 0. The molecule has 5 rings (SSSR count). The molecule has 28 heavy (non-hydrogen) atoms. The highest BCUT2D eigenvalue weighted by atomic mass is 32.2. The summed E-state index contributed by atoms with van der Waals surface area (Å²) in [5, 5.41) is 5.56. The Labute approximate surface area is 175 Å². The van der Waals surface area contributed by atoms with Gasteiger partial charge in [0.25, 0.3) is 0 Å². The second-order valence-electron chi connectivity index (χ2n) is 8.88. The van der Waals surface area contributed by atoms with E-state index in [1.54, 1.807) is 11.8 Å². The molecule has 0 bridgehead atoms. The smallest absolute Gasteiger partial charge is 0.230 e. The number of amides is 1. The lowest BCUT2D eigenvalue weighted by atomic mass is 9.89. The molecule has 0 radical (unpaired) electrons. The summed E-state index contributed by atoms with van der Waals surface area (Å²) in [7, 11) is 0. The second-order valence-corrected chi connectivity index (χ2v) is 10.9. The van der Waals surface area contributed by atoms with E-state index in [1.165, 1.54) is 60.8 Å². The van der Waals surface area contributed by atoms with E-state index in [1.807, 2.05) is 11.3 Å². The summed E-state index contributed by atoms with van der Waals surface area (Å²) in [4.78, 5) is 25.1. The van der Waals surface area contributed by atoms with Gasteiger partial charge in [-0.3, -0.25) is 4.79 Å². The van der Waals surface area contributed by atoms with Gasteiger partial charge in [0.1, 0.15) is 15.7 Å². The number of nitrogens with zero attached hydrogens (tertiary/aromatic N) is 2. The fourth-order valence-electron chi connectivity index (χ4n) is 4.60. The third-order valence-corrected chi connectivity index (χ3v) is 8.52.